The van der Waals surface area contributed by atoms with E-state index in [-0.39, 0.29) is 11.0 Å². The fourth-order valence-corrected chi connectivity index (χ4v) is 3.64. The summed E-state index contributed by atoms with van der Waals surface area (Å²) in [4.78, 5) is 16.7. The van der Waals surface area contributed by atoms with E-state index in [1.165, 1.54) is 11.3 Å². The highest BCUT2D eigenvalue weighted by Gasteiger charge is 2.11. The summed E-state index contributed by atoms with van der Waals surface area (Å²) in [6.45, 7) is 4.42. The first-order chi connectivity index (χ1) is 12.5. The van der Waals surface area contributed by atoms with Gasteiger partial charge in [0.2, 0.25) is 0 Å². The molecule has 1 heterocycles. The molecule has 1 amide bonds. The van der Waals surface area contributed by atoms with Crippen molar-refractivity contribution in [2.75, 3.05) is 11.9 Å². The average molecular weight is 406 g/mol. The molecule has 8 heteroatoms. The van der Waals surface area contributed by atoms with Crippen molar-refractivity contribution in [2.45, 2.75) is 13.8 Å². The first-order valence-electron chi connectivity index (χ1n) is 7.88. The predicted molar refractivity (Wildman–Crippen MR) is 111 cm³/mol. The van der Waals surface area contributed by atoms with E-state index in [0.29, 0.717) is 28.1 Å². The molecule has 0 aliphatic carbocycles. The Balaban J connectivity index is 1.65. The summed E-state index contributed by atoms with van der Waals surface area (Å²) in [7, 11) is 0. The number of amides is 1. The van der Waals surface area contributed by atoms with E-state index in [0.717, 1.165) is 15.8 Å². The lowest BCUT2D eigenvalue weighted by molar-refractivity contribution is 0.0977. The summed E-state index contributed by atoms with van der Waals surface area (Å²) in [5.41, 5.74) is 2.26. The van der Waals surface area contributed by atoms with Crippen LogP contribution in [-0.4, -0.2) is 22.6 Å². The Morgan fingerprint density at radius 3 is 2.73 bits per heavy atom. The summed E-state index contributed by atoms with van der Waals surface area (Å²) in [5.74, 6) is 0.415. The summed E-state index contributed by atoms with van der Waals surface area (Å²) >= 11 is 12.8. The third-order valence-corrected chi connectivity index (χ3v) is 5.09. The standard InChI is InChI=1S/C18H16ClN3O2S2/c1-3-24-12-6-4-11(5-7-12)16(23)21-17(25)22-18-20-14-9-13(19)10(2)8-15(14)26-18/h4-9H,3H2,1-2H3,(H2,20,21,22,23,25). The molecule has 0 fully saturated rings. The second kappa shape index (κ2) is 7.99. The van der Waals surface area contributed by atoms with Gasteiger partial charge in [-0.05, 0) is 68.0 Å². The molecule has 0 radical (unpaired) electrons. The normalized spacial score (nSPS) is 10.6. The zero-order valence-electron chi connectivity index (χ0n) is 14.1. The minimum Gasteiger partial charge on any atom is -0.494 e. The Bertz CT molecular complexity index is 931. The zero-order chi connectivity index (χ0) is 18.7. The second-order valence-corrected chi connectivity index (χ2v) is 7.30. The minimum atomic E-state index is -0.300. The molecule has 2 aromatic carbocycles. The van der Waals surface area contributed by atoms with E-state index in [2.05, 4.69) is 15.6 Å². The van der Waals surface area contributed by atoms with Crippen molar-refractivity contribution in [3.8, 4) is 5.75 Å². The molecule has 0 atom stereocenters. The van der Waals surface area contributed by atoms with Gasteiger partial charge >= 0.3 is 0 Å². The van der Waals surface area contributed by atoms with Crippen LogP contribution in [0.2, 0.25) is 5.02 Å². The predicted octanol–water partition coefficient (Wildman–Crippen LogP) is 4.78. The number of anilines is 1. The number of carbonyl (C=O) groups is 1. The van der Waals surface area contributed by atoms with Gasteiger partial charge in [0.1, 0.15) is 5.75 Å². The summed E-state index contributed by atoms with van der Waals surface area (Å²) in [5, 5.41) is 7.04. The number of aromatic nitrogens is 1. The highest BCUT2D eigenvalue weighted by molar-refractivity contribution is 7.80. The number of fused-ring (bicyclic) bond motifs is 1. The molecule has 3 rings (SSSR count). The Morgan fingerprint density at radius 2 is 2.04 bits per heavy atom. The lowest BCUT2D eigenvalue weighted by Crippen LogP contribution is -2.34. The quantitative estimate of drug-likeness (QED) is 0.611. The van der Waals surface area contributed by atoms with E-state index in [1.54, 1.807) is 24.3 Å². The number of carbonyl (C=O) groups excluding carboxylic acids is 1. The minimum absolute atomic E-state index is 0.186. The third-order valence-electron chi connectivity index (χ3n) is 3.54. The fraction of sp³-hybridized carbons (Fsp3) is 0.167. The highest BCUT2D eigenvalue weighted by atomic mass is 35.5. The summed E-state index contributed by atoms with van der Waals surface area (Å²) in [6, 6.07) is 10.7. The van der Waals surface area contributed by atoms with Gasteiger partial charge in [0.05, 0.1) is 16.8 Å². The van der Waals surface area contributed by atoms with Crippen molar-refractivity contribution in [2.24, 2.45) is 0 Å². The summed E-state index contributed by atoms with van der Waals surface area (Å²) in [6.07, 6.45) is 0. The molecule has 2 N–H and O–H groups in total. The number of ether oxygens (including phenoxy) is 1. The van der Waals surface area contributed by atoms with Crippen molar-refractivity contribution in [3.05, 3.63) is 52.5 Å². The van der Waals surface area contributed by atoms with Gasteiger partial charge in [-0.25, -0.2) is 4.98 Å². The molecule has 0 unspecified atom stereocenters. The molecule has 26 heavy (non-hydrogen) atoms. The van der Waals surface area contributed by atoms with Gasteiger partial charge in [0, 0.05) is 10.6 Å². The number of hydrogen-bond donors (Lipinski definition) is 2. The topological polar surface area (TPSA) is 63.2 Å². The summed E-state index contributed by atoms with van der Waals surface area (Å²) < 4.78 is 6.36. The van der Waals surface area contributed by atoms with Crippen LogP contribution in [0.1, 0.15) is 22.8 Å². The van der Waals surface area contributed by atoms with Crippen LogP contribution < -0.4 is 15.4 Å². The van der Waals surface area contributed by atoms with Crippen molar-refractivity contribution < 1.29 is 9.53 Å². The zero-order valence-corrected chi connectivity index (χ0v) is 16.5. The van der Waals surface area contributed by atoms with E-state index in [9.17, 15) is 4.79 Å². The SMILES string of the molecule is CCOc1ccc(C(=O)NC(=S)Nc2nc3cc(Cl)c(C)cc3s2)cc1. The molecule has 1 aromatic heterocycles. The Hall–Kier alpha value is -2.22. The molecule has 0 spiro atoms. The first kappa shape index (κ1) is 18.6. The van der Waals surface area contributed by atoms with E-state index < -0.39 is 0 Å². The van der Waals surface area contributed by atoms with Crippen molar-refractivity contribution >= 4 is 61.5 Å². The van der Waals surface area contributed by atoms with Crippen molar-refractivity contribution in [1.29, 1.82) is 0 Å². The number of nitrogens with zero attached hydrogens (tertiary/aromatic N) is 1. The number of thiocarbonyl (C=S) groups is 1. The highest BCUT2D eigenvalue weighted by Crippen LogP contribution is 2.30. The number of halogens is 1. The molecule has 0 aliphatic heterocycles. The monoisotopic (exact) mass is 405 g/mol. The maximum absolute atomic E-state index is 12.3. The Kier molecular flexibility index (Phi) is 5.70. The number of aryl methyl sites for hydroxylation is 1. The van der Waals surface area contributed by atoms with Gasteiger partial charge < -0.3 is 10.1 Å². The molecule has 3 aromatic rings. The molecular weight excluding hydrogens is 390 g/mol. The second-order valence-electron chi connectivity index (χ2n) is 5.45. The van der Waals surface area contributed by atoms with Crippen LogP contribution in [0.3, 0.4) is 0 Å². The van der Waals surface area contributed by atoms with Gasteiger partial charge in [-0.1, -0.05) is 22.9 Å². The Morgan fingerprint density at radius 1 is 1.31 bits per heavy atom. The maximum Gasteiger partial charge on any atom is 0.257 e. The van der Waals surface area contributed by atoms with Crippen LogP contribution in [0.4, 0.5) is 5.13 Å². The molecule has 0 aliphatic rings. The molecule has 0 saturated carbocycles. The molecule has 5 nitrogen and oxygen atoms in total. The molecule has 134 valence electrons. The number of thiazole rings is 1. The lowest BCUT2D eigenvalue weighted by Gasteiger charge is -2.08. The van der Waals surface area contributed by atoms with E-state index >= 15 is 0 Å². The van der Waals surface area contributed by atoms with Gasteiger partial charge in [-0.3, -0.25) is 10.1 Å². The van der Waals surface area contributed by atoms with Crippen molar-refractivity contribution in [1.82, 2.24) is 10.3 Å². The van der Waals surface area contributed by atoms with E-state index in [1.807, 2.05) is 26.0 Å². The number of benzene rings is 2. The van der Waals surface area contributed by atoms with Crippen LogP contribution in [-0.2, 0) is 0 Å². The molecule has 0 saturated heterocycles. The average Bonchev–Trinajstić information content (AvgIpc) is 2.97. The largest absolute Gasteiger partial charge is 0.494 e. The van der Waals surface area contributed by atoms with Crippen LogP contribution >= 0.6 is 35.2 Å². The van der Waals surface area contributed by atoms with Gasteiger partial charge in [-0.15, -0.1) is 0 Å². The van der Waals surface area contributed by atoms with Gasteiger partial charge in [0.15, 0.2) is 10.2 Å². The third kappa shape index (κ3) is 4.30. The van der Waals surface area contributed by atoms with Gasteiger partial charge in [0.25, 0.3) is 5.91 Å². The first-order valence-corrected chi connectivity index (χ1v) is 9.48. The lowest BCUT2D eigenvalue weighted by atomic mass is 10.2. The Labute approximate surface area is 165 Å². The molecule has 0 bridgehead atoms. The fourth-order valence-electron chi connectivity index (χ4n) is 2.28. The smallest absolute Gasteiger partial charge is 0.257 e. The molecular formula is C18H16ClN3O2S2. The number of hydrogen-bond acceptors (Lipinski definition) is 5. The van der Waals surface area contributed by atoms with Crippen LogP contribution in [0.5, 0.6) is 5.75 Å². The van der Waals surface area contributed by atoms with Crippen LogP contribution in [0.15, 0.2) is 36.4 Å². The van der Waals surface area contributed by atoms with Crippen LogP contribution in [0.25, 0.3) is 10.2 Å². The van der Waals surface area contributed by atoms with Gasteiger partial charge in [-0.2, -0.15) is 0 Å². The van der Waals surface area contributed by atoms with Crippen LogP contribution in [0, 0.1) is 6.92 Å². The number of nitrogens with one attached hydrogen (secondary N) is 2. The van der Waals surface area contributed by atoms with Crippen molar-refractivity contribution in [3.63, 3.8) is 0 Å². The van der Waals surface area contributed by atoms with E-state index in [4.69, 9.17) is 28.6 Å². The number of rotatable bonds is 4. The maximum atomic E-state index is 12.3.